The zero-order chi connectivity index (χ0) is 8.70. The third-order valence-corrected chi connectivity index (χ3v) is 3.50. The number of methoxy groups -OCH3 is 1. The molecule has 0 aromatic carbocycles. The van der Waals surface area contributed by atoms with Crippen molar-refractivity contribution < 1.29 is 23.1 Å². The Morgan fingerprint density at radius 2 is 2.00 bits per heavy atom. The summed E-state index contributed by atoms with van der Waals surface area (Å²) in [5.41, 5.74) is -1.47. The van der Waals surface area contributed by atoms with Crippen molar-refractivity contribution in [3.05, 3.63) is 0 Å². The zero-order valence-electron chi connectivity index (χ0n) is 5.90. The van der Waals surface area contributed by atoms with E-state index in [0.717, 1.165) is 0 Å². The van der Waals surface area contributed by atoms with Crippen LogP contribution in [-0.4, -0.2) is 43.7 Å². The fourth-order valence-corrected chi connectivity index (χ4v) is 2.82. The second-order valence-electron chi connectivity index (χ2n) is 2.54. The molecule has 6 heteroatoms. The van der Waals surface area contributed by atoms with Gasteiger partial charge in [0.05, 0.1) is 11.5 Å². The number of carbonyl (C=O) groups is 1. The van der Waals surface area contributed by atoms with E-state index in [9.17, 15) is 13.2 Å². The van der Waals surface area contributed by atoms with Crippen molar-refractivity contribution in [2.75, 3.05) is 18.6 Å². The van der Waals surface area contributed by atoms with Gasteiger partial charge in [-0.3, -0.25) is 0 Å². The fraction of sp³-hybridized carbons (Fsp3) is 0.800. The van der Waals surface area contributed by atoms with Crippen LogP contribution in [-0.2, 0) is 19.4 Å². The van der Waals surface area contributed by atoms with Gasteiger partial charge in [0.25, 0.3) is 0 Å². The first-order valence-corrected chi connectivity index (χ1v) is 4.73. The predicted molar refractivity (Wildman–Crippen MR) is 36.0 cm³/mol. The molecule has 1 N–H and O–H groups in total. The number of aliphatic carboxylic acids is 1. The van der Waals surface area contributed by atoms with Crippen molar-refractivity contribution in [3.8, 4) is 0 Å². The second-order valence-corrected chi connectivity index (χ2v) is 4.60. The van der Waals surface area contributed by atoms with Crippen molar-refractivity contribution in [1.82, 2.24) is 0 Å². The van der Waals surface area contributed by atoms with E-state index in [0.29, 0.717) is 0 Å². The summed E-state index contributed by atoms with van der Waals surface area (Å²) >= 11 is 0. The molecule has 1 heterocycles. The highest BCUT2D eigenvalue weighted by Crippen LogP contribution is 2.27. The lowest BCUT2D eigenvalue weighted by Gasteiger charge is -2.35. The number of hydrogen-bond acceptors (Lipinski definition) is 4. The van der Waals surface area contributed by atoms with Crippen LogP contribution in [0.4, 0.5) is 0 Å². The van der Waals surface area contributed by atoms with Gasteiger partial charge in [-0.2, -0.15) is 0 Å². The summed E-state index contributed by atoms with van der Waals surface area (Å²) in [4.78, 5) is 10.4. The van der Waals surface area contributed by atoms with Gasteiger partial charge in [-0.15, -0.1) is 0 Å². The van der Waals surface area contributed by atoms with Crippen LogP contribution in [0, 0.1) is 0 Å². The van der Waals surface area contributed by atoms with Gasteiger partial charge in [0.2, 0.25) is 0 Å². The smallest absolute Gasteiger partial charge is 0.338 e. The van der Waals surface area contributed by atoms with Crippen molar-refractivity contribution in [1.29, 1.82) is 0 Å². The van der Waals surface area contributed by atoms with Gasteiger partial charge in [0.15, 0.2) is 15.4 Å². The molecule has 5 nitrogen and oxygen atoms in total. The van der Waals surface area contributed by atoms with Gasteiger partial charge >= 0.3 is 5.97 Å². The Morgan fingerprint density at radius 3 is 2.09 bits per heavy atom. The molecule has 1 saturated heterocycles. The van der Waals surface area contributed by atoms with Crippen LogP contribution in [0.15, 0.2) is 0 Å². The Labute approximate surface area is 63.9 Å². The van der Waals surface area contributed by atoms with E-state index in [1.165, 1.54) is 7.11 Å². The molecule has 0 saturated carbocycles. The topological polar surface area (TPSA) is 80.7 Å². The van der Waals surface area contributed by atoms with Crippen molar-refractivity contribution in [2.24, 2.45) is 0 Å². The van der Waals surface area contributed by atoms with Crippen LogP contribution in [0.2, 0.25) is 0 Å². The van der Waals surface area contributed by atoms with Crippen LogP contribution in [0.1, 0.15) is 0 Å². The van der Waals surface area contributed by atoms with Crippen LogP contribution < -0.4 is 0 Å². The minimum atomic E-state index is -3.15. The van der Waals surface area contributed by atoms with E-state index in [1.807, 2.05) is 0 Å². The Bertz CT molecular complexity index is 265. The summed E-state index contributed by atoms with van der Waals surface area (Å²) in [6.07, 6.45) is 0. The molecule has 0 aromatic rings. The molecule has 0 aromatic heterocycles. The van der Waals surface area contributed by atoms with E-state index in [2.05, 4.69) is 4.74 Å². The third-order valence-electron chi connectivity index (χ3n) is 1.69. The van der Waals surface area contributed by atoms with Crippen LogP contribution in [0.3, 0.4) is 0 Å². The number of ether oxygens (including phenoxy) is 1. The third kappa shape index (κ3) is 1.23. The van der Waals surface area contributed by atoms with E-state index in [1.54, 1.807) is 0 Å². The van der Waals surface area contributed by atoms with E-state index in [-0.39, 0.29) is 0 Å². The standard InChI is InChI=1S/C5H8O5S/c1-10-5(4(6)7)2-11(8,9)3-5/h2-3H2,1H3,(H,6,7). The van der Waals surface area contributed by atoms with Crippen molar-refractivity contribution >= 4 is 15.8 Å². The maximum Gasteiger partial charge on any atom is 0.338 e. The summed E-state index contributed by atoms with van der Waals surface area (Å²) < 4.78 is 25.8. The molecule has 1 aliphatic heterocycles. The monoisotopic (exact) mass is 180 g/mol. The zero-order valence-corrected chi connectivity index (χ0v) is 6.72. The molecule has 0 amide bonds. The lowest BCUT2D eigenvalue weighted by atomic mass is 10.1. The number of rotatable bonds is 2. The van der Waals surface area contributed by atoms with Gasteiger partial charge in [-0.25, -0.2) is 13.2 Å². The van der Waals surface area contributed by atoms with Crippen molar-refractivity contribution in [3.63, 3.8) is 0 Å². The van der Waals surface area contributed by atoms with Gasteiger partial charge in [0.1, 0.15) is 0 Å². The Hall–Kier alpha value is -0.620. The predicted octanol–water partition coefficient (Wildman–Crippen LogP) is -1.12. The van der Waals surface area contributed by atoms with E-state index < -0.39 is 32.9 Å². The van der Waals surface area contributed by atoms with Crippen LogP contribution in [0.5, 0.6) is 0 Å². The molecular weight excluding hydrogens is 172 g/mol. The number of sulfone groups is 1. The maximum atomic E-state index is 10.6. The highest BCUT2D eigenvalue weighted by atomic mass is 32.2. The highest BCUT2D eigenvalue weighted by molar-refractivity contribution is 7.93. The molecule has 0 atom stereocenters. The number of hydrogen-bond donors (Lipinski definition) is 1. The van der Waals surface area contributed by atoms with Gasteiger partial charge in [-0.05, 0) is 0 Å². The average Bonchev–Trinajstić information content (AvgIpc) is 1.81. The number of carboxylic acids is 1. The molecule has 11 heavy (non-hydrogen) atoms. The summed E-state index contributed by atoms with van der Waals surface area (Å²) in [6.45, 7) is 0. The summed E-state index contributed by atoms with van der Waals surface area (Å²) in [5, 5.41) is 8.53. The molecule has 0 spiro atoms. The van der Waals surface area contributed by atoms with Crippen LogP contribution >= 0.6 is 0 Å². The molecule has 0 bridgehead atoms. The first-order valence-electron chi connectivity index (χ1n) is 2.91. The van der Waals surface area contributed by atoms with Gasteiger partial charge in [-0.1, -0.05) is 0 Å². The summed E-state index contributed by atoms with van der Waals surface area (Å²) in [6, 6.07) is 0. The van der Waals surface area contributed by atoms with E-state index >= 15 is 0 Å². The molecule has 1 aliphatic rings. The lowest BCUT2D eigenvalue weighted by molar-refractivity contribution is -0.158. The number of carboxylic acid groups (broad SMARTS) is 1. The molecular formula is C5H8O5S. The maximum absolute atomic E-state index is 10.6. The minimum absolute atomic E-state index is 0.411. The lowest BCUT2D eigenvalue weighted by Crippen LogP contribution is -2.61. The quantitative estimate of drug-likeness (QED) is 0.582. The first-order chi connectivity index (χ1) is 4.92. The SMILES string of the molecule is COC1(C(=O)O)CS(=O)(=O)C1. The van der Waals surface area contributed by atoms with Crippen LogP contribution in [0.25, 0.3) is 0 Å². The second kappa shape index (κ2) is 2.18. The molecule has 1 rings (SSSR count). The van der Waals surface area contributed by atoms with Crippen molar-refractivity contribution in [2.45, 2.75) is 5.60 Å². The largest absolute Gasteiger partial charge is 0.479 e. The van der Waals surface area contributed by atoms with Gasteiger partial charge in [0, 0.05) is 7.11 Å². The molecule has 0 unspecified atom stereocenters. The minimum Gasteiger partial charge on any atom is -0.479 e. The van der Waals surface area contributed by atoms with Gasteiger partial charge < -0.3 is 9.84 Å². The molecule has 0 radical (unpaired) electrons. The average molecular weight is 180 g/mol. The van der Waals surface area contributed by atoms with E-state index in [4.69, 9.17) is 5.11 Å². The first kappa shape index (κ1) is 8.48. The molecule has 64 valence electrons. The fourth-order valence-electron chi connectivity index (χ4n) is 0.997. The molecule has 0 aliphatic carbocycles. The Balaban J connectivity index is 2.80. The Kier molecular flexibility index (Phi) is 1.68. The highest BCUT2D eigenvalue weighted by Gasteiger charge is 2.55. The molecule has 1 fully saturated rings. The Morgan fingerprint density at radius 1 is 1.55 bits per heavy atom. The summed E-state index contributed by atoms with van der Waals surface area (Å²) in [7, 11) is -1.95. The summed E-state index contributed by atoms with van der Waals surface area (Å²) in [5.74, 6) is -2.03. The normalized spacial score (nSPS) is 25.5.